The van der Waals surface area contributed by atoms with E-state index in [4.69, 9.17) is 9.47 Å². The van der Waals surface area contributed by atoms with Crippen LogP contribution in [0.15, 0.2) is 0 Å². The number of rotatable bonds is 2. The standard InChI is InChI=1S/C10H21NO2/c1-10(2,3)11-6-8(12-4)9(7-11)13-5/h8-9H,6-7H2,1-5H3. The second-order valence-corrected chi connectivity index (χ2v) is 4.62. The fraction of sp³-hybridized carbons (Fsp3) is 1.00. The van der Waals surface area contributed by atoms with Crippen LogP contribution in [0, 0.1) is 0 Å². The van der Waals surface area contributed by atoms with Crippen LogP contribution in [0.4, 0.5) is 0 Å². The zero-order chi connectivity index (χ0) is 10.1. The highest BCUT2D eigenvalue weighted by Crippen LogP contribution is 2.23. The van der Waals surface area contributed by atoms with E-state index in [0.717, 1.165) is 13.1 Å². The molecule has 1 fully saturated rings. The Bertz CT molecular complexity index is 153. The lowest BCUT2D eigenvalue weighted by atomic mass is 10.1. The molecule has 2 unspecified atom stereocenters. The van der Waals surface area contributed by atoms with E-state index in [9.17, 15) is 0 Å². The Morgan fingerprint density at radius 3 is 1.62 bits per heavy atom. The molecule has 0 amide bonds. The Morgan fingerprint density at radius 2 is 1.38 bits per heavy atom. The molecule has 0 radical (unpaired) electrons. The zero-order valence-electron chi connectivity index (χ0n) is 9.33. The summed E-state index contributed by atoms with van der Waals surface area (Å²) in [5.74, 6) is 0. The van der Waals surface area contributed by atoms with Gasteiger partial charge in [-0.15, -0.1) is 0 Å². The molecule has 0 aliphatic carbocycles. The van der Waals surface area contributed by atoms with E-state index in [-0.39, 0.29) is 17.7 Å². The second-order valence-electron chi connectivity index (χ2n) is 4.62. The van der Waals surface area contributed by atoms with Crippen molar-refractivity contribution in [1.29, 1.82) is 0 Å². The van der Waals surface area contributed by atoms with E-state index in [1.54, 1.807) is 14.2 Å². The molecule has 1 saturated heterocycles. The lowest BCUT2D eigenvalue weighted by Crippen LogP contribution is -2.40. The van der Waals surface area contributed by atoms with E-state index in [0.29, 0.717) is 0 Å². The lowest BCUT2D eigenvalue weighted by molar-refractivity contribution is -0.00461. The van der Waals surface area contributed by atoms with Crippen molar-refractivity contribution in [2.24, 2.45) is 0 Å². The number of nitrogens with zero attached hydrogens (tertiary/aromatic N) is 1. The first-order valence-corrected chi connectivity index (χ1v) is 4.79. The predicted octanol–water partition coefficient (Wildman–Crippen LogP) is 1.13. The Morgan fingerprint density at radius 1 is 1.00 bits per heavy atom. The molecule has 0 aromatic heterocycles. The summed E-state index contributed by atoms with van der Waals surface area (Å²) < 4.78 is 10.7. The molecule has 1 aliphatic heterocycles. The van der Waals surface area contributed by atoms with Gasteiger partial charge >= 0.3 is 0 Å². The van der Waals surface area contributed by atoms with Gasteiger partial charge in [0.2, 0.25) is 0 Å². The summed E-state index contributed by atoms with van der Waals surface area (Å²) in [5, 5.41) is 0. The molecular formula is C10H21NO2. The van der Waals surface area contributed by atoms with Crippen LogP contribution in [0.1, 0.15) is 20.8 Å². The van der Waals surface area contributed by atoms with Gasteiger partial charge < -0.3 is 9.47 Å². The van der Waals surface area contributed by atoms with E-state index in [1.807, 2.05) is 0 Å². The monoisotopic (exact) mass is 187 g/mol. The van der Waals surface area contributed by atoms with Gasteiger partial charge in [0.05, 0.1) is 12.2 Å². The van der Waals surface area contributed by atoms with Crippen LogP contribution >= 0.6 is 0 Å². The highest BCUT2D eigenvalue weighted by atomic mass is 16.5. The topological polar surface area (TPSA) is 21.7 Å². The summed E-state index contributed by atoms with van der Waals surface area (Å²) in [6.07, 6.45) is 0.452. The quantitative estimate of drug-likeness (QED) is 0.647. The molecule has 2 atom stereocenters. The molecular weight excluding hydrogens is 166 g/mol. The van der Waals surface area contributed by atoms with Gasteiger partial charge in [-0.3, -0.25) is 4.90 Å². The Kier molecular flexibility index (Phi) is 3.33. The maximum atomic E-state index is 5.37. The number of hydrogen-bond donors (Lipinski definition) is 0. The highest BCUT2D eigenvalue weighted by molar-refractivity contribution is 4.91. The zero-order valence-corrected chi connectivity index (χ0v) is 9.33. The van der Waals surface area contributed by atoms with Crippen LogP contribution in [0.3, 0.4) is 0 Å². The van der Waals surface area contributed by atoms with E-state index in [2.05, 4.69) is 25.7 Å². The smallest absolute Gasteiger partial charge is 0.0972 e. The van der Waals surface area contributed by atoms with Crippen molar-refractivity contribution in [1.82, 2.24) is 4.90 Å². The lowest BCUT2D eigenvalue weighted by Gasteiger charge is -2.31. The Labute approximate surface area is 81.0 Å². The number of methoxy groups -OCH3 is 2. The van der Waals surface area contributed by atoms with Gasteiger partial charge in [-0.2, -0.15) is 0 Å². The first-order valence-electron chi connectivity index (χ1n) is 4.79. The van der Waals surface area contributed by atoms with Crippen molar-refractivity contribution >= 4 is 0 Å². The molecule has 13 heavy (non-hydrogen) atoms. The largest absolute Gasteiger partial charge is 0.377 e. The van der Waals surface area contributed by atoms with Crippen molar-refractivity contribution in [3.63, 3.8) is 0 Å². The number of ether oxygens (including phenoxy) is 2. The predicted molar refractivity (Wildman–Crippen MR) is 52.9 cm³/mol. The second kappa shape index (κ2) is 3.95. The summed E-state index contributed by atoms with van der Waals surface area (Å²) >= 11 is 0. The third-order valence-electron chi connectivity index (χ3n) is 2.77. The molecule has 78 valence electrons. The molecule has 3 heteroatoms. The summed E-state index contributed by atoms with van der Waals surface area (Å²) in [6.45, 7) is 8.60. The summed E-state index contributed by atoms with van der Waals surface area (Å²) in [5.41, 5.74) is 0.212. The molecule has 0 spiro atoms. The first-order chi connectivity index (χ1) is 5.99. The van der Waals surface area contributed by atoms with Crippen LogP contribution in [-0.4, -0.2) is 50.0 Å². The molecule has 0 N–H and O–H groups in total. The van der Waals surface area contributed by atoms with Gasteiger partial charge in [0.1, 0.15) is 0 Å². The summed E-state index contributed by atoms with van der Waals surface area (Å²) in [4.78, 5) is 2.40. The van der Waals surface area contributed by atoms with Crippen LogP contribution in [0.25, 0.3) is 0 Å². The molecule has 1 aliphatic rings. The van der Waals surface area contributed by atoms with Gasteiger partial charge in [-0.05, 0) is 20.8 Å². The maximum absolute atomic E-state index is 5.37. The fourth-order valence-electron chi connectivity index (χ4n) is 1.74. The molecule has 3 nitrogen and oxygen atoms in total. The van der Waals surface area contributed by atoms with E-state index >= 15 is 0 Å². The van der Waals surface area contributed by atoms with Gasteiger partial charge in [0.25, 0.3) is 0 Å². The Balaban J connectivity index is 2.58. The van der Waals surface area contributed by atoms with Gasteiger partial charge in [-0.1, -0.05) is 0 Å². The molecule has 1 rings (SSSR count). The SMILES string of the molecule is COC1CN(C(C)(C)C)CC1OC. The van der Waals surface area contributed by atoms with Gasteiger partial charge in [-0.25, -0.2) is 0 Å². The minimum atomic E-state index is 0.212. The van der Waals surface area contributed by atoms with E-state index in [1.165, 1.54) is 0 Å². The highest BCUT2D eigenvalue weighted by Gasteiger charge is 2.37. The Hall–Kier alpha value is -0.120. The van der Waals surface area contributed by atoms with Gasteiger partial charge in [0.15, 0.2) is 0 Å². The van der Waals surface area contributed by atoms with Crippen LogP contribution in [0.5, 0.6) is 0 Å². The van der Waals surface area contributed by atoms with Crippen molar-refractivity contribution in [3.05, 3.63) is 0 Å². The average molecular weight is 187 g/mol. The third kappa shape index (κ3) is 2.42. The van der Waals surface area contributed by atoms with Crippen molar-refractivity contribution < 1.29 is 9.47 Å². The minimum Gasteiger partial charge on any atom is -0.377 e. The first kappa shape index (κ1) is 11.0. The van der Waals surface area contributed by atoms with Crippen LogP contribution in [0.2, 0.25) is 0 Å². The minimum absolute atomic E-state index is 0.212. The molecule has 0 aromatic carbocycles. The van der Waals surface area contributed by atoms with Crippen molar-refractivity contribution in [3.8, 4) is 0 Å². The van der Waals surface area contributed by atoms with Gasteiger partial charge in [0, 0.05) is 32.8 Å². The van der Waals surface area contributed by atoms with Crippen LogP contribution in [-0.2, 0) is 9.47 Å². The van der Waals surface area contributed by atoms with Crippen LogP contribution < -0.4 is 0 Å². The summed E-state index contributed by atoms with van der Waals surface area (Å²) in [7, 11) is 3.51. The average Bonchev–Trinajstić information content (AvgIpc) is 2.45. The normalized spacial score (nSPS) is 31.2. The summed E-state index contributed by atoms with van der Waals surface area (Å²) in [6, 6.07) is 0. The molecule has 0 bridgehead atoms. The molecule has 1 heterocycles. The fourth-order valence-corrected chi connectivity index (χ4v) is 1.74. The third-order valence-corrected chi connectivity index (χ3v) is 2.77. The number of likely N-dealkylation sites (tertiary alicyclic amines) is 1. The number of hydrogen-bond acceptors (Lipinski definition) is 3. The van der Waals surface area contributed by atoms with Crippen molar-refractivity contribution in [2.75, 3.05) is 27.3 Å². The molecule has 0 saturated carbocycles. The maximum Gasteiger partial charge on any atom is 0.0972 e. The van der Waals surface area contributed by atoms with Crippen molar-refractivity contribution in [2.45, 2.75) is 38.5 Å². The van der Waals surface area contributed by atoms with E-state index < -0.39 is 0 Å². The molecule has 0 aromatic rings.